The number of piperazine rings is 1. The molecule has 7 nitrogen and oxygen atoms in total. The first-order chi connectivity index (χ1) is 14.3. The van der Waals surface area contributed by atoms with Gasteiger partial charge in [-0.1, -0.05) is 18.2 Å². The van der Waals surface area contributed by atoms with Crippen LogP contribution in [0, 0.1) is 0 Å². The normalized spacial score (nSPS) is 14.9. The number of hydrogen-bond acceptors (Lipinski definition) is 8. The molecule has 1 aliphatic rings. The van der Waals surface area contributed by atoms with Crippen LogP contribution in [0.5, 0.6) is 0 Å². The van der Waals surface area contributed by atoms with Crippen molar-refractivity contribution < 1.29 is 4.74 Å². The van der Waals surface area contributed by atoms with Gasteiger partial charge in [0, 0.05) is 69.7 Å². The summed E-state index contributed by atoms with van der Waals surface area (Å²) in [6, 6.07) is 14.7. The van der Waals surface area contributed by atoms with Gasteiger partial charge in [0.15, 0.2) is 0 Å². The van der Waals surface area contributed by atoms with E-state index in [2.05, 4.69) is 59.8 Å². The zero-order valence-corrected chi connectivity index (χ0v) is 17.4. The summed E-state index contributed by atoms with van der Waals surface area (Å²) in [7, 11) is 1.69. The zero-order valence-electron chi connectivity index (χ0n) is 16.6. The molecule has 0 aliphatic carbocycles. The Labute approximate surface area is 175 Å². The van der Waals surface area contributed by atoms with Crippen molar-refractivity contribution >= 4 is 28.2 Å². The van der Waals surface area contributed by atoms with Crippen molar-refractivity contribution in [3.8, 4) is 0 Å². The summed E-state index contributed by atoms with van der Waals surface area (Å²) < 4.78 is 9.42. The first-order valence-electron chi connectivity index (χ1n) is 9.86. The standard InChI is InChI=1S/C21H26N6OS/c1-28-15-9-19-24-21(29-25-19)23-18-7-5-17(6-8-18)16-26-11-13-27(14-12-26)20-4-2-3-10-22-20/h2-8,10H,9,11-16H2,1H3,(H,23,24,25). The van der Waals surface area contributed by atoms with Crippen molar-refractivity contribution in [3.05, 3.63) is 60.0 Å². The number of nitrogens with one attached hydrogen (secondary N) is 1. The van der Waals surface area contributed by atoms with Gasteiger partial charge in [-0.25, -0.2) is 9.97 Å². The van der Waals surface area contributed by atoms with E-state index in [0.29, 0.717) is 6.61 Å². The Bertz CT molecular complexity index is 878. The van der Waals surface area contributed by atoms with Gasteiger partial charge in [-0.05, 0) is 29.8 Å². The second-order valence-electron chi connectivity index (χ2n) is 7.03. The summed E-state index contributed by atoms with van der Waals surface area (Å²) in [5, 5.41) is 4.15. The van der Waals surface area contributed by atoms with Crippen LogP contribution in [0.2, 0.25) is 0 Å². The van der Waals surface area contributed by atoms with E-state index in [1.807, 2.05) is 18.3 Å². The minimum absolute atomic E-state index is 0.640. The molecular weight excluding hydrogens is 384 g/mol. The summed E-state index contributed by atoms with van der Waals surface area (Å²) >= 11 is 1.38. The van der Waals surface area contributed by atoms with Crippen molar-refractivity contribution in [1.82, 2.24) is 19.2 Å². The topological polar surface area (TPSA) is 66.4 Å². The van der Waals surface area contributed by atoms with E-state index in [4.69, 9.17) is 4.74 Å². The van der Waals surface area contributed by atoms with E-state index in [1.165, 1.54) is 17.1 Å². The van der Waals surface area contributed by atoms with Crippen LogP contribution in [0.3, 0.4) is 0 Å². The summed E-state index contributed by atoms with van der Waals surface area (Å²) in [6.07, 6.45) is 2.60. The molecule has 1 fully saturated rings. The van der Waals surface area contributed by atoms with Crippen LogP contribution < -0.4 is 10.2 Å². The predicted octanol–water partition coefficient (Wildman–Crippen LogP) is 3.19. The van der Waals surface area contributed by atoms with Crippen molar-refractivity contribution in [1.29, 1.82) is 0 Å². The average Bonchev–Trinajstić information content (AvgIpc) is 3.22. The molecule has 3 aromatic rings. The minimum Gasteiger partial charge on any atom is -0.384 e. The number of aromatic nitrogens is 3. The summed E-state index contributed by atoms with van der Waals surface area (Å²) in [5.74, 6) is 1.89. The Hall–Kier alpha value is -2.55. The Morgan fingerprint density at radius 2 is 1.90 bits per heavy atom. The molecule has 0 radical (unpaired) electrons. The van der Waals surface area contributed by atoms with Crippen molar-refractivity contribution in [2.75, 3.05) is 50.1 Å². The number of hydrogen-bond donors (Lipinski definition) is 1. The molecule has 0 bridgehead atoms. The van der Waals surface area contributed by atoms with E-state index in [9.17, 15) is 0 Å². The molecule has 0 atom stereocenters. The van der Waals surface area contributed by atoms with Crippen LogP contribution >= 0.6 is 11.5 Å². The van der Waals surface area contributed by atoms with Gasteiger partial charge >= 0.3 is 0 Å². The maximum Gasteiger partial charge on any atom is 0.207 e. The van der Waals surface area contributed by atoms with Gasteiger partial charge < -0.3 is 15.0 Å². The fourth-order valence-corrected chi connectivity index (χ4v) is 3.98. The van der Waals surface area contributed by atoms with Gasteiger partial charge in [-0.2, -0.15) is 4.37 Å². The van der Waals surface area contributed by atoms with Gasteiger partial charge in [0.05, 0.1) is 6.61 Å². The first-order valence-corrected chi connectivity index (χ1v) is 10.6. The number of ether oxygens (including phenoxy) is 1. The van der Waals surface area contributed by atoms with E-state index < -0.39 is 0 Å². The van der Waals surface area contributed by atoms with Gasteiger partial charge in [0.2, 0.25) is 5.13 Å². The molecule has 152 valence electrons. The summed E-state index contributed by atoms with van der Waals surface area (Å²) in [5.41, 5.74) is 2.35. The maximum atomic E-state index is 5.07. The van der Waals surface area contributed by atoms with E-state index in [1.54, 1.807) is 7.11 Å². The predicted molar refractivity (Wildman–Crippen MR) is 117 cm³/mol. The number of benzene rings is 1. The van der Waals surface area contributed by atoms with Crippen LogP contribution in [0.15, 0.2) is 48.7 Å². The third-order valence-electron chi connectivity index (χ3n) is 4.95. The highest BCUT2D eigenvalue weighted by molar-refractivity contribution is 7.09. The molecule has 4 rings (SSSR count). The van der Waals surface area contributed by atoms with Crippen molar-refractivity contribution in [2.24, 2.45) is 0 Å². The average molecular weight is 411 g/mol. The Morgan fingerprint density at radius 3 is 2.62 bits per heavy atom. The number of rotatable bonds is 8. The summed E-state index contributed by atoms with van der Waals surface area (Å²) in [4.78, 5) is 13.8. The fraction of sp³-hybridized carbons (Fsp3) is 0.381. The summed E-state index contributed by atoms with van der Waals surface area (Å²) in [6.45, 7) is 5.73. The SMILES string of the molecule is COCCc1nsc(Nc2ccc(CN3CCN(c4ccccn4)CC3)cc2)n1. The van der Waals surface area contributed by atoms with Gasteiger partial charge in [0.1, 0.15) is 11.6 Å². The lowest BCUT2D eigenvalue weighted by atomic mass is 10.2. The molecule has 0 amide bonds. The zero-order chi connectivity index (χ0) is 19.9. The third kappa shape index (κ3) is 5.50. The second-order valence-corrected chi connectivity index (χ2v) is 7.78. The lowest BCUT2D eigenvalue weighted by Crippen LogP contribution is -2.46. The van der Waals surface area contributed by atoms with Crippen molar-refractivity contribution in [2.45, 2.75) is 13.0 Å². The number of methoxy groups -OCH3 is 1. The van der Waals surface area contributed by atoms with Gasteiger partial charge in [0.25, 0.3) is 0 Å². The smallest absolute Gasteiger partial charge is 0.207 e. The third-order valence-corrected chi connectivity index (χ3v) is 5.62. The molecule has 1 aromatic carbocycles. The van der Waals surface area contributed by atoms with E-state index in [0.717, 1.165) is 61.6 Å². The Morgan fingerprint density at radius 1 is 1.07 bits per heavy atom. The van der Waals surface area contributed by atoms with Crippen LogP contribution in [-0.2, 0) is 17.7 Å². The lowest BCUT2D eigenvalue weighted by molar-refractivity contribution is 0.201. The molecule has 0 saturated carbocycles. The van der Waals surface area contributed by atoms with Crippen LogP contribution in [0.1, 0.15) is 11.4 Å². The van der Waals surface area contributed by atoms with Crippen LogP contribution in [0.4, 0.5) is 16.6 Å². The molecule has 0 unspecified atom stereocenters. The quantitative estimate of drug-likeness (QED) is 0.612. The molecule has 3 heterocycles. The van der Waals surface area contributed by atoms with Crippen molar-refractivity contribution in [3.63, 3.8) is 0 Å². The van der Waals surface area contributed by atoms with E-state index >= 15 is 0 Å². The number of nitrogens with zero attached hydrogens (tertiary/aromatic N) is 5. The molecule has 1 N–H and O–H groups in total. The van der Waals surface area contributed by atoms with Crippen LogP contribution in [0.25, 0.3) is 0 Å². The molecule has 1 saturated heterocycles. The highest BCUT2D eigenvalue weighted by Gasteiger charge is 2.17. The highest BCUT2D eigenvalue weighted by atomic mass is 32.1. The van der Waals surface area contributed by atoms with Gasteiger partial charge in [-0.3, -0.25) is 4.90 Å². The maximum absolute atomic E-state index is 5.07. The molecule has 0 spiro atoms. The van der Waals surface area contributed by atoms with Crippen LogP contribution in [-0.4, -0.2) is 59.1 Å². The number of pyridine rings is 1. The number of anilines is 3. The first kappa shape index (κ1) is 19.8. The monoisotopic (exact) mass is 410 g/mol. The van der Waals surface area contributed by atoms with Gasteiger partial charge in [-0.15, -0.1) is 0 Å². The largest absolute Gasteiger partial charge is 0.384 e. The molecule has 8 heteroatoms. The Kier molecular flexibility index (Phi) is 6.66. The molecule has 29 heavy (non-hydrogen) atoms. The molecule has 1 aliphatic heterocycles. The minimum atomic E-state index is 0.640. The second kappa shape index (κ2) is 9.78. The fourth-order valence-electron chi connectivity index (χ4n) is 3.35. The molecular formula is C21H26N6OS. The molecule has 2 aromatic heterocycles. The highest BCUT2D eigenvalue weighted by Crippen LogP contribution is 2.20. The Balaban J connectivity index is 1.26. The lowest BCUT2D eigenvalue weighted by Gasteiger charge is -2.35. The van der Waals surface area contributed by atoms with E-state index in [-0.39, 0.29) is 0 Å².